The number of amides is 1. The molecule has 0 spiro atoms. The molecular formula is C36H41N3O10. The van der Waals surface area contributed by atoms with E-state index >= 15 is 0 Å². The quantitative estimate of drug-likeness (QED) is 0.191. The van der Waals surface area contributed by atoms with E-state index in [9.17, 15) is 34.2 Å². The van der Waals surface area contributed by atoms with Gasteiger partial charge in [-0.1, -0.05) is 13.8 Å². The predicted molar refractivity (Wildman–Crippen MR) is 176 cm³/mol. The van der Waals surface area contributed by atoms with Crippen LogP contribution in [0.3, 0.4) is 0 Å². The third-order valence-electron chi connectivity index (χ3n) is 10.5. The van der Waals surface area contributed by atoms with Crippen molar-refractivity contribution in [3.63, 3.8) is 0 Å². The maximum absolute atomic E-state index is 13.6. The highest BCUT2D eigenvalue weighted by Crippen LogP contribution is 2.41. The lowest BCUT2D eigenvalue weighted by Crippen LogP contribution is -2.44. The number of aryl methyl sites for hydroxylation is 1. The number of aromatic nitrogens is 2. The second-order valence-corrected chi connectivity index (χ2v) is 13.2. The van der Waals surface area contributed by atoms with Crippen LogP contribution in [0.25, 0.3) is 22.3 Å². The second-order valence-electron chi connectivity index (χ2n) is 13.2. The molecule has 3 aliphatic rings. The number of carbonyl (C=O) groups excluding carboxylic acids is 3. The molecule has 1 fully saturated rings. The molecule has 2 N–H and O–H groups in total. The molecule has 5 heterocycles. The van der Waals surface area contributed by atoms with Gasteiger partial charge in [-0.15, -0.1) is 0 Å². The molecule has 0 aliphatic carbocycles. The molecule has 0 radical (unpaired) electrons. The zero-order valence-corrected chi connectivity index (χ0v) is 28.2. The fourth-order valence-corrected chi connectivity index (χ4v) is 7.26. The minimum atomic E-state index is -1.91. The standard InChI is InChI=1S/C36H41N3O10/c1-5-22-23-16-21(49-34(45)38-14-11-20(12-15-38)10-13-35(4,31(41)42)32(43)47-7-3)8-9-27(23)37-29-24(22)18-39-28(29)17-26-25(30(39)40)19-48-33(44)36(26,46)6-2/h8-9,16-17,20,46H,5-7,10-15,18-19H2,1-4H3,(H,41,42)/t35-,36?/m1/s1. The Morgan fingerprint density at radius 1 is 1.10 bits per heavy atom. The largest absolute Gasteiger partial charge is 0.480 e. The lowest BCUT2D eigenvalue weighted by Gasteiger charge is -2.32. The summed E-state index contributed by atoms with van der Waals surface area (Å²) in [6.07, 6.45) is 2.17. The molecule has 3 aromatic rings. The van der Waals surface area contributed by atoms with E-state index < -0.39 is 35.0 Å². The number of cyclic esters (lactones) is 1. The van der Waals surface area contributed by atoms with E-state index in [0.717, 1.165) is 16.5 Å². The third kappa shape index (κ3) is 5.73. The Morgan fingerprint density at radius 3 is 2.49 bits per heavy atom. The van der Waals surface area contributed by atoms with Crippen LogP contribution in [0.15, 0.2) is 29.1 Å². The van der Waals surface area contributed by atoms with Crippen molar-refractivity contribution in [1.82, 2.24) is 14.5 Å². The van der Waals surface area contributed by atoms with Crippen molar-refractivity contribution in [2.75, 3.05) is 19.7 Å². The van der Waals surface area contributed by atoms with Crippen LogP contribution in [0.4, 0.5) is 4.79 Å². The number of hydrogen-bond donors (Lipinski definition) is 2. The highest BCUT2D eigenvalue weighted by Gasteiger charge is 2.46. The summed E-state index contributed by atoms with van der Waals surface area (Å²) in [5, 5.41) is 21.6. The van der Waals surface area contributed by atoms with E-state index in [0.29, 0.717) is 61.4 Å². The Balaban J connectivity index is 1.18. The molecule has 2 aromatic heterocycles. The van der Waals surface area contributed by atoms with Crippen LogP contribution >= 0.6 is 0 Å². The van der Waals surface area contributed by atoms with Crippen molar-refractivity contribution in [2.45, 2.75) is 85.0 Å². The van der Waals surface area contributed by atoms with Gasteiger partial charge < -0.3 is 33.9 Å². The maximum Gasteiger partial charge on any atom is 0.415 e. The number of likely N-dealkylation sites (tertiary alicyclic amines) is 1. The Morgan fingerprint density at radius 2 is 1.84 bits per heavy atom. The highest BCUT2D eigenvalue weighted by molar-refractivity contribution is 5.98. The number of pyridine rings is 2. The zero-order valence-electron chi connectivity index (χ0n) is 28.2. The van der Waals surface area contributed by atoms with Crippen molar-refractivity contribution in [3.8, 4) is 17.1 Å². The van der Waals surface area contributed by atoms with Gasteiger partial charge in [0.25, 0.3) is 5.56 Å². The topological polar surface area (TPSA) is 175 Å². The molecule has 13 nitrogen and oxygen atoms in total. The summed E-state index contributed by atoms with van der Waals surface area (Å²) in [4.78, 5) is 70.0. The van der Waals surface area contributed by atoms with E-state index in [1.165, 1.54) is 6.92 Å². The molecular weight excluding hydrogens is 634 g/mol. The summed E-state index contributed by atoms with van der Waals surface area (Å²) in [6.45, 7) is 7.77. The summed E-state index contributed by atoms with van der Waals surface area (Å²) >= 11 is 0. The fourth-order valence-electron chi connectivity index (χ4n) is 7.26. The predicted octanol–water partition coefficient (Wildman–Crippen LogP) is 4.29. The SMILES string of the molecule is CCOC(=O)[C@](C)(CCC1CCN(C(=O)Oc2ccc3nc4c(c(CC)c3c2)Cn2c-4cc3c(c2=O)COC(=O)C3(O)CC)CC1)C(=O)O. The number of carbonyl (C=O) groups is 4. The smallest absolute Gasteiger partial charge is 0.415 e. The van der Waals surface area contributed by atoms with Gasteiger partial charge in [0, 0.05) is 29.6 Å². The number of fused-ring (bicyclic) bond motifs is 5. The molecule has 1 aromatic carbocycles. The maximum atomic E-state index is 13.6. The van der Waals surface area contributed by atoms with Gasteiger partial charge in [-0.25, -0.2) is 14.6 Å². The van der Waals surface area contributed by atoms with Gasteiger partial charge in [0.2, 0.25) is 0 Å². The van der Waals surface area contributed by atoms with Crippen LogP contribution in [-0.2, 0) is 49.0 Å². The van der Waals surface area contributed by atoms with Crippen LogP contribution < -0.4 is 10.3 Å². The van der Waals surface area contributed by atoms with Gasteiger partial charge in [0.15, 0.2) is 11.0 Å². The minimum absolute atomic E-state index is 0.0584. The Labute approximate surface area is 282 Å². The number of carboxylic acid groups (broad SMARTS) is 1. The first kappa shape index (κ1) is 34.1. The van der Waals surface area contributed by atoms with Gasteiger partial charge in [0.1, 0.15) is 12.4 Å². The first-order valence-electron chi connectivity index (χ1n) is 16.9. The van der Waals surface area contributed by atoms with Gasteiger partial charge in [-0.3, -0.25) is 14.4 Å². The summed E-state index contributed by atoms with van der Waals surface area (Å²) in [5.41, 5.74) is 0.277. The van der Waals surface area contributed by atoms with Crippen molar-refractivity contribution < 1.29 is 43.6 Å². The van der Waals surface area contributed by atoms with Gasteiger partial charge >= 0.3 is 24.0 Å². The molecule has 1 unspecified atom stereocenters. The molecule has 0 saturated carbocycles. The first-order valence-corrected chi connectivity index (χ1v) is 16.9. The number of rotatable bonds is 9. The monoisotopic (exact) mass is 675 g/mol. The molecule has 13 heteroatoms. The van der Waals surface area contributed by atoms with E-state index in [2.05, 4.69) is 0 Å². The van der Waals surface area contributed by atoms with Gasteiger partial charge in [-0.05, 0) is 88.1 Å². The van der Waals surface area contributed by atoms with Crippen molar-refractivity contribution in [2.24, 2.45) is 11.3 Å². The Kier molecular flexibility index (Phi) is 8.99. The number of aliphatic carboxylic acids is 1. The Hall–Kier alpha value is -4.78. The molecule has 1 saturated heterocycles. The first-order chi connectivity index (χ1) is 23.4. The Bertz CT molecular complexity index is 1930. The fraction of sp³-hybridized carbons (Fsp3) is 0.500. The third-order valence-corrected chi connectivity index (χ3v) is 10.5. The molecule has 49 heavy (non-hydrogen) atoms. The number of carboxylic acids is 1. The second kappa shape index (κ2) is 12.9. The minimum Gasteiger partial charge on any atom is -0.480 e. The normalized spacial score (nSPS) is 19.8. The van der Waals surface area contributed by atoms with E-state index in [1.54, 1.807) is 47.6 Å². The molecule has 1 amide bonds. The van der Waals surface area contributed by atoms with E-state index in [-0.39, 0.29) is 55.2 Å². The lowest BCUT2D eigenvalue weighted by atomic mass is 9.80. The lowest BCUT2D eigenvalue weighted by molar-refractivity contribution is -0.172. The molecule has 6 rings (SSSR count). The van der Waals surface area contributed by atoms with Crippen molar-refractivity contribution in [3.05, 3.63) is 56.9 Å². The van der Waals surface area contributed by atoms with Crippen LogP contribution in [0.5, 0.6) is 5.75 Å². The van der Waals surface area contributed by atoms with Crippen molar-refractivity contribution in [1.29, 1.82) is 0 Å². The van der Waals surface area contributed by atoms with Crippen LogP contribution in [-0.4, -0.2) is 68.4 Å². The molecule has 0 bridgehead atoms. The van der Waals surface area contributed by atoms with Crippen LogP contribution in [0, 0.1) is 11.3 Å². The number of nitrogens with zero attached hydrogens (tertiary/aromatic N) is 3. The van der Waals surface area contributed by atoms with Crippen LogP contribution in [0.2, 0.25) is 0 Å². The number of hydrogen-bond acceptors (Lipinski definition) is 10. The number of benzene rings is 1. The summed E-state index contributed by atoms with van der Waals surface area (Å²) < 4.78 is 17.6. The summed E-state index contributed by atoms with van der Waals surface area (Å²) in [7, 11) is 0. The van der Waals surface area contributed by atoms with Crippen LogP contribution in [0.1, 0.15) is 82.1 Å². The highest BCUT2D eigenvalue weighted by atomic mass is 16.6. The number of aliphatic hydroxyl groups is 1. The zero-order chi connectivity index (χ0) is 35.2. The van der Waals surface area contributed by atoms with E-state index in [4.69, 9.17) is 19.2 Å². The number of esters is 2. The summed E-state index contributed by atoms with van der Waals surface area (Å²) in [6, 6.07) is 6.92. The molecule has 3 aliphatic heterocycles. The van der Waals surface area contributed by atoms with Gasteiger partial charge in [0.05, 0.1) is 35.6 Å². The number of ether oxygens (including phenoxy) is 3. The van der Waals surface area contributed by atoms with E-state index in [1.807, 2.05) is 6.92 Å². The summed E-state index contributed by atoms with van der Waals surface area (Å²) in [5.74, 6) is -2.20. The average molecular weight is 676 g/mol. The van der Waals surface area contributed by atoms with Crippen molar-refractivity contribution >= 4 is 34.9 Å². The average Bonchev–Trinajstić information content (AvgIpc) is 3.46. The number of piperidine rings is 1. The molecule has 260 valence electrons. The molecule has 2 atom stereocenters. The van der Waals surface area contributed by atoms with Gasteiger partial charge in [-0.2, -0.15) is 0 Å².